The molecule has 1 heterocycles. The quantitative estimate of drug-likeness (QED) is 0.829. The lowest BCUT2D eigenvalue weighted by molar-refractivity contribution is 0.0933. The van der Waals surface area contributed by atoms with Gasteiger partial charge >= 0.3 is 0 Å². The van der Waals surface area contributed by atoms with Crippen molar-refractivity contribution in [2.75, 3.05) is 5.73 Å². The van der Waals surface area contributed by atoms with Crippen molar-refractivity contribution in [2.45, 2.75) is 25.3 Å². The predicted molar refractivity (Wildman–Crippen MR) is 83.3 cm³/mol. The number of rotatable bonds is 2. The molecule has 0 fully saturated rings. The van der Waals surface area contributed by atoms with Crippen LogP contribution in [-0.2, 0) is 6.42 Å². The molecule has 1 amide bonds. The number of fused-ring (bicyclic) bond motifs is 1. The number of halogens is 1. The first-order valence-electron chi connectivity index (χ1n) is 6.56. The Bertz CT molecular complexity index is 633. The van der Waals surface area contributed by atoms with Gasteiger partial charge in [0.05, 0.1) is 6.04 Å². The molecule has 1 aliphatic carbocycles. The zero-order valence-corrected chi connectivity index (χ0v) is 12.4. The Kier molecular flexibility index (Phi) is 3.68. The second-order valence-corrected chi connectivity index (χ2v) is 6.43. The third-order valence-corrected chi connectivity index (χ3v) is 4.75. The Morgan fingerprint density at radius 2 is 2.25 bits per heavy atom. The lowest BCUT2D eigenvalue weighted by Gasteiger charge is -2.23. The van der Waals surface area contributed by atoms with Gasteiger partial charge in [-0.15, -0.1) is 11.3 Å². The molecule has 104 valence electrons. The van der Waals surface area contributed by atoms with E-state index in [1.807, 2.05) is 0 Å². The van der Waals surface area contributed by atoms with Gasteiger partial charge in [-0.3, -0.25) is 4.79 Å². The highest BCUT2D eigenvalue weighted by molar-refractivity contribution is 7.10. The minimum absolute atomic E-state index is 0.0951. The van der Waals surface area contributed by atoms with Crippen molar-refractivity contribution in [1.29, 1.82) is 0 Å². The SMILES string of the molecule is Nc1cc(Cl)cc(C(=O)NC2CCCc3sccc32)c1. The second-order valence-electron chi connectivity index (χ2n) is 4.99. The van der Waals surface area contributed by atoms with Gasteiger partial charge in [0.1, 0.15) is 0 Å². The normalized spacial score (nSPS) is 17.6. The monoisotopic (exact) mass is 306 g/mol. The number of aryl methyl sites for hydroxylation is 1. The van der Waals surface area contributed by atoms with Gasteiger partial charge in [0.25, 0.3) is 5.91 Å². The maximum Gasteiger partial charge on any atom is 0.251 e. The first-order valence-corrected chi connectivity index (χ1v) is 7.82. The van der Waals surface area contributed by atoms with Gasteiger partial charge in [-0.05, 0) is 54.5 Å². The Balaban J connectivity index is 1.80. The fourth-order valence-electron chi connectivity index (χ4n) is 2.62. The average molecular weight is 307 g/mol. The van der Waals surface area contributed by atoms with E-state index in [2.05, 4.69) is 16.8 Å². The van der Waals surface area contributed by atoms with Crippen molar-refractivity contribution in [3.05, 3.63) is 50.7 Å². The molecule has 1 atom stereocenters. The molecular weight excluding hydrogens is 292 g/mol. The van der Waals surface area contributed by atoms with Gasteiger partial charge < -0.3 is 11.1 Å². The number of carbonyl (C=O) groups is 1. The highest BCUT2D eigenvalue weighted by Crippen LogP contribution is 2.33. The topological polar surface area (TPSA) is 55.1 Å². The van der Waals surface area contributed by atoms with Crippen LogP contribution in [0.2, 0.25) is 5.02 Å². The molecular formula is C15H15ClN2OS. The fourth-order valence-corrected chi connectivity index (χ4v) is 3.85. The van der Waals surface area contributed by atoms with E-state index in [1.54, 1.807) is 29.5 Å². The summed E-state index contributed by atoms with van der Waals surface area (Å²) in [6.45, 7) is 0. The predicted octanol–water partition coefficient (Wildman–Crippen LogP) is 3.79. The third kappa shape index (κ3) is 2.67. The maximum absolute atomic E-state index is 12.3. The van der Waals surface area contributed by atoms with Crippen molar-refractivity contribution >= 4 is 34.5 Å². The summed E-state index contributed by atoms with van der Waals surface area (Å²) < 4.78 is 0. The molecule has 3 rings (SSSR count). The van der Waals surface area contributed by atoms with E-state index < -0.39 is 0 Å². The Morgan fingerprint density at radius 1 is 1.40 bits per heavy atom. The molecule has 20 heavy (non-hydrogen) atoms. The lowest BCUT2D eigenvalue weighted by atomic mass is 9.94. The van der Waals surface area contributed by atoms with Crippen LogP contribution in [0.5, 0.6) is 0 Å². The molecule has 3 N–H and O–H groups in total. The maximum atomic E-state index is 12.3. The first kappa shape index (κ1) is 13.5. The van der Waals surface area contributed by atoms with Crippen LogP contribution in [0, 0.1) is 0 Å². The summed E-state index contributed by atoms with van der Waals surface area (Å²) in [6.07, 6.45) is 3.20. The molecule has 0 saturated heterocycles. The van der Waals surface area contributed by atoms with Crippen LogP contribution in [0.4, 0.5) is 5.69 Å². The van der Waals surface area contributed by atoms with E-state index >= 15 is 0 Å². The molecule has 1 aromatic heterocycles. The van der Waals surface area contributed by atoms with E-state index in [-0.39, 0.29) is 11.9 Å². The van der Waals surface area contributed by atoms with Crippen molar-refractivity contribution in [3.8, 4) is 0 Å². The molecule has 0 aliphatic heterocycles. The summed E-state index contributed by atoms with van der Waals surface area (Å²) >= 11 is 7.71. The van der Waals surface area contributed by atoms with E-state index in [9.17, 15) is 4.79 Å². The van der Waals surface area contributed by atoms with Crippen LogP contribution < -0.4 is 11.1 Å². The minimum Gasteiger partial charge on any atom is -0.399 e. The van der Waals surface area contributed by atoms with Gasteiger partial charge in [0, 0.05) is 21.2 Å². The number of nitrogens with one attached hydrogen (secondary N) is 1. The van der Waals surface area contributed by atoms with E-state index in [0.29, 0.717) is 16.3 Å². The van der Waals surface area contributed by atoms with Crippen LogP contribution in [0.3, 0.4) is 0 Å². The number of nitrogens with two attached hydrogens (primary N) is 1. The molecule has 0 radical (unpaired) electrons. The zero-order valence-electron chi connectivity index (χ0n) is 10.9. The number of benzene rings is 1. The number of nitrogen functional groups attached to an aromatic ring is 1. The number of carbonyl (C=O) groups excluding carboxylic acids is 1. The molecule has 1 unspecified atom stereocenters. The minimum atomic E-state index is -0.122. The smallest absolute Gasteiger partial charge is 0.251 e. The molecule has 0 saturated carbocycles. The van der Waals surface area contributed by atoms with E-state index in [0.717, 1.165) is 19.3 Å². The average Bonchev–Trinajstić information content (AvgIpc) is 2.87. The van der Waals surface area contributed by atoms with Crippen molar-refractivity contribution in [1.82, 2.24) is 5.32 Å². The van der Waals surface area contributed by atoms with Gasteiger partial charge in [0.15, 0.2) is 0 Å². The standard InChI is InChI=1S/C15H15ClN2OS/c16-10-6-9(7-11(17)8-10)15(19)18-13-2-1-3-14-12(13)4-5-20-14/h4-8,13H,1-3,17H2,(H,18,19). The van der Waals surface area contributed by atoms with E-state index in [4.69, 9.17) is 17.3 Å². The van der Waals surface area contributed by atoms with Crippen molar-refractivity contribution in [3.63, 3.8) is 0 Å². The number of anilines is 1. The highest BCUT2D eigenvalue weighted by atomic mass is 35.5. The van der Waals surface area contributed by atoms with Gasteiger partial charge in [0.2, 0.25) is 0 Å². The number of hydrogen-bond acceptors (Lipinski definition) is 3. The van der Waals surface area contributed by atoms with Crippen LogP contribution in [0.25, 0.3) is 0 Å². The fraction of sp³-hybridized carbons (Fsp3) is 0.267. The second kappa shape index (κ2) is 5.46. The lowest BCUT2D eigenvalue weighted by Crippen LogP contribution is -2.30. The van der Waals surface area contributed by atoms with Crippen LogP contribution >= 0.6 is 22.9 Å². The molecule has 5 heteroatoms. The van der Waals surface area contributed by atoms with Crippen molar-refractivity contribution in [2.24, 2.45) is 0 Å². The molecule has 3 nitrogen and oxygen atoms in total. The first-order chi connectivity index (χ1) is 9.63. The Hall–Kier alpha value is -1.52. The van der Waals surface area contributed by atoms with E-state index in [1.165, 1.54) is 10.4 Å². The third-order valence-electron chi connectivity index (χ3n) is 3.54. The summed E-state index contributed by atoms with van der Waals surface area (Å²) in [6, 6.07) is 7.13. The van der Waals surface area contributed by atoms with Gasteiger partial charge in [-0.2, -0.15) is 0 Å². The van der Waals surface area contributed by atoms with Crippen LogP contribution in [-0.4, -0.2) is 5.91 Å². The number of amides is 1. The number of hydrogen-bond donors (Lipinski definition) is 2. The van der Waals surface area contributed by atoms with Crippen LogP contribution in [0.1, 0.15) is 39.7 Å². The Morgan fingerprint density at radius 3 is 3.05 bits per heavy atom. The summed E-state index contributed by atoms with van der Waals surface area (Å²) in [4.78, 5) is 13.7. The Labute approximate surface area is 126 Å². The van der Waals surface area contributed by atoms with Crippen molar-refractivity contribution < 1.29 is 4.79 Å². The summed E-state index contributed by atoms with van der Waals surface area (Å²) in [7, 11) is 0. The summed E-state index contributed by atoms with van der Waals surface area (Å²) in [5.74, 6) is -0.122. The largest absolute Gasteiger partial charge is 0.399 e. The zero-order chi connectivity index (χ0) is 14.1. The molecule has 0 bridgehead atoms. The summed E-state index contributed by atoms with van der Waals surface area (Å²) in [5, 5.41) is 5.66. The molecule has 1 aromatic carbocycles. The number of thiophene rings is 1. The highest BCUT2D eigenvalue weighted by Gasteiger charge is 2.23. The molecule has 0 spiro atoms. The molecule has 1 aliphatic rings. The summed E-state index contributed by atoms with van der Waals surface area (Å²) in [5.41, 5.74) is 8.00. The van der Waals surface area contributed by atoms with Gasteiger partial charge in [-0.1, -0.05) is 11.6 Å². The van der Waals surface area contributed by atoms with Gasteiger partial charge in [-0.25, -0.2) is 0 Å². The van der Waals surface area contributed by atoms with Crippen LogP contribution in [0.15, 0.2) is 29.6 Å². The molecule has 2 aromatic rings.